The van der Waals surface area contributed by atoms with Gasteiger partial charge in [-0.3, -0.25) is 10.1 Å². The molecule has 0 saturated carbocycles. The third-order valence-corrected chi connectivity index (χ3v) is 5.32. The van der Waals surface area contributed by atoms with E-state index < -0.39 is 6.10 Å². The molecule has 1 aliphatic heterocycles. The van der Waals surface area contributed by atoms with E-state index in [4.69, 9.17) is 9.47 Å². The van der Waals surface area contributed by atoms with Gasteiger partial charge in [0, 0.05) is 16.9 Å². The summed E-state index contributed by atoms with van der Waals surface area (Å²) in [6, 6.07) is 15.6. The van der Waals surface area contributed by atoms with Crippen molar-refractivity contribution in [3.63, 3.8) is 0 Å². The smallest absolute Gasteiger partial charge is 0.270 e. The van der Waals surface area contributed by atoms with Crippen molar-refractivity contribution in [1.82, 2.24) is 4.98 Å². The molecule has 1 N–H and O–H groups in total. The highest BCUT2D eigenvalue weighted by Gasteiger charge is 2.29. The zero-order valence-corrected chi connectivity index (χ0v) is 14.0. The number of hydrogen-bond acceptors (Lipinski definition) is 5. The first-order valence-electron chi connectivity index (χ1n) is 8.05. The van der Waals surface area contributed by atoms with Gasteiger partial charge in [-0.1, -0.05) is 36.4 Å². The Balaban J connectivity index is 1.34. The number of benzene rings is 2. The predicted octanol–water partition coefficient (Wildman–Crippen LogP) is 3.49. The summed E-state index contributed by atoms with van der Waals surface area (Å²) in [5, 5.41) is 3.47. The summed E-state index contributed by atoms with van der Waals surface area (Å²) in [6.07, 6.45) is 0.191. The average Bonchev–Trinajstić information content (AvgIpc) is 3.18. The van der Waals surface area contributed by atoms with Crippen LogP contribution in [0, 0.1) is 0 Å². The second-order valence-corrected chi connectivity index (χ2v) is 7.06. The average molecular weight is 350 g/mol. The van der Waals surface area contributed by atoms with Gasteiger partial charge < -0.3 is 9.47 Å². The van der Waals surface area contributed by atoms with Crippen molar-refractivity contribution >= 4 is 22.4 Å². The van der Waals surface area contributed by atoms with E-state index in [0.717, 1.165) is 17.7 Å². The lowest BCUT2D eigenvalue weighted by Gasteiger charge is -2.25. The first-order chi connectivity index (χ1) is 12.3. The number of amides is 1. The van der Waals surface area contributed by atoms with E-state index in [0.29, 0.717) is 16.6 Å². The lowest BCUT2D eigenvalue weighted by Crippen LogP contribution is -2.40. The van der Waals surface area contributed by atoms with Gasteiger partial charge in [0.05, 0.1) is 5.69 Å². The molecule has 1 aromatic heterocycles. The summed E-state index contributed by atoms with van der Waals surface area (Å²) in [5.74, 6) is 1.01. The van der Waals surface area contributed by atoms with Crippen molar-refractivity contribution in [2.75, 3.05) is 11.9 Å². The minimum Gasteiger partial charge on any atom is -0.485 e. The molecule has 124 valence electrons. The van der Waals surface area contributed by atoms with Crippen LogP contribution in [0.25, 0.3) is 11.3 Å². The van der Waals surface area contributed by atoms with Gasteiger partial charge in [0.25, 0.3) is 5.91 Å². The van der Waals surface area contributed by atoms with Crippen LogP contribution in [0.2, 0.25) is 0 Å². The number of fused-ring (bicyclic) bond motifs is 4. The fraction of sp³-hybridized carbons (Fsp3) is 0.158. The van der Waals surface area contributed by atoms with Gasteiger partial charge in [0.2, 0.25) is 6.10 Å². The molecule has 1 aliphatic carbocycles. The highest BCUT2D eigenvalue weighted by atomic mass is 32.1. The largest absolute Gasteiger partial charge is 0.485 e. The zero-order chi connectivity index (χ0) is 16.8. The first kappa shape index (κ1) is 14.5. The molecule has 2 heterocycles. The van der Waals surface area contributed by atoms with Gasteiger partial charge in [-0.15, -0.1) is 11.3 Å². The van der Waals surface area contributed by atoms with Crippen LogP contribution >= 0.6 is 11.3 Å². The van der Waals surface area contributed by atoms with E-state index in [-0.39, 0.29) is 12.5 Å². The Morgan fingerprint density at radius 1 is 1.12 bits per heavy atom. The number of hydrogen-bond donors (Lipinski definition) is 1. The summed E-state index contributed by atoms with van der Waals surface area (Å²) in [4.78, 5) is 18.3. The Morgan fingerprint density at radius 2 is 1.92 bits per heavy atom. The Kier molecular flexibility index (Phi) is 3.24. The van der Waals surface area contributed by atoms with Crippen LogP contribution in [0.5, 0.6) is 11.5 Å². The zero-order valence-electron chi connectivity index (χ0n) is 13.2. The van der Waals surface area contributed by atoms with Crippen LogP contribution in [0.4, 0.5) is 5.13 Å². The van der Waals surface area contributed by atoms with E-state index in [2.05, 4.69) is 22.4 Å². The lowest BCUT2D eigenvalue weighted by molar-refractivity contribution is -0.125. The van der Waals surface area contributed by atoms with Crippen LogP contribution in [-0.4, -0.2) is 23.6 Å². The quantitative estimate of drug-likeness (QED) is 0.601. The number of carbonyl (C=O) groups is 1. The maximum Gasteiger partial charge on any atom is 0.270 e. The molecule has 1 atom stereocenters. The van der Waals surface area contributed by atoms with Crippen LogP contribution in [-0.2, 0) is 11.2 Å². The van der Waals surface area contributed by atoms with Gasteiger partial charge in [-0.05, 0) is 17.7 Å². The topological polar surface area (TPSA) is 60.5 Å². The normalized spacial score (nSPS) is 16.9. The summed E-state index contributed by atoms with van der Waals surface area (Å²) in [6.45, 7) is 0.191. The predicted molar refractivity (Wildman–Crippen MR) is 95.3 cm³/mol. The second-order valence-electron chi connectivity index (χ2n) is 5.98. The molecule has 1 unspecified atom stereocenters. The first-order valence-corrected chi connectivity index (χ1v) is 8.87. The molecule has 3 aromatic rings. The Hall–Kier alpha value is -2.86. The number of nitrogens with one attached hydrogen (secondary N) is 1. The summed E-state index contributed by atoms with van der Waals surface area (Å²) in [5.41, 5.74) is 3.41. The number of rotatable bonds is 2. The molecule has 0 spiro atoms. The Morgan fingerprint density at radius 3 is 2.84 bits per heavy atom. The molecule has 5 nitrogen and oxygen atoms in total. The molecule has 6 heteroatoms. The van der Waals surface area contributed by atoms with Crippen molar-refractivity contribution in [1.29, 1.82) is 0 Å². The molecule has 2 aromatic carbocycles. The monoisotopic (exact) mass is 350 g/mol. The third kappa shape index (κ3) is 2.46. The minimum atomic E-state index is -0.680. The number of carbonyl (C=O) groups excluding carboxylic acids is 1. The number of aromatic nitrogens is 1. The van der Waals surface area contributed by atoms with Crippen molar-refractivity contribution in [2.45, 2.75) is 12.5 Å². The summed E-state index contributed by atoms with van der Waals surface area (Å²) >= 11 is 1.52. The Labute approximate surface area is 148 Å². The van der Waals surface area contributed by atoms with E-state index in [9.17, 15) is 4.79 Å². The van der Waals surface area contributed by atoms with Crippen LogP contribution < -0.4 is 14.8 Å². The molecule has 1 amide bonds. The SMILES string of the molecule is O=C(Nc1nc2c(s1)Cc1ccccc1-2)C1COc2ccccc2O1. The number of nitrogens with zero attached hydrogens (tertiary/aromatic N) is 1. The van der Waals surface area contributed by atoms with Crippen molar-refractivity contribution in [3.8, 4) is 22.8 Å². The van der Waals surface area contributed by atoms with Crippen LogP contribution in [0.3, 0.4) is 0 Å². The van der Waals surface area contributed by atoms with E-state index >= 15 is 0 Å². The van der Waals surface area contributed by atoms with E-state index in [1.807, 2.05) is 30.3 Å². The van der Waals surface area contributed by atoms with Gasteiger partial charge >= 0.3 is 0 Å². The van der Waals surface area contributed by atoms with Gasteiger partial charge in [0.1, 0.15) is 6.61 Å². The van der Waals surface area contributed by atoms with E-state index in [1.165, 1.54) is 21.8 Å². The highest BCUT2D eigenvalue weighted by molar-refractivity contribution is 7.16. The summed E-state index contributed by atoms with van der Waals surface area (Å²) < 4.78 is 11.3. The fourth-order valence-corrected chi connectivity index (χ4v) is 4.15. The van der Waals surface area contributed by atoms with Crippen molar-refractivity contribution in [3.05, 3.63) is 59.0 Å². The van der Waals surface area contributed by atoms with Crippen LogP contribution in [0.1, 0.15) is 10.4 Å². The van der Waals surface area contributed by atoms with Gasteiger partial charge in [-0.25, -0.2) is 4.98 Å². The molecule has 25 heavy (non-hydrogen) atoms. The molecular formula is C19H14N2O3S. The Bertz CT molecular complexity index is 982. The highest BCUT2D eigenvalue weighted by Crippen LogP contribution is 2.41. The standard InChI is InChI=1S/C19H14N2O3S/c22-18(15-10-23-13-7-3-4-8-14(13)24-15)21-19-20-17-12-6-2-1-5-11(12)9-16(17)25-19/h1-8,15H,9-10H2,(H,20,21,22). The minimum absolute atomic E-state index is 0.191. The molecule has 0 saturated heterocycles. The molecule has 5 rings (SSSR count). The number of para-hydroxylation sites is 2. The molecule has 2 aliphatic rings. The molecule has 0 fully saturated rings. The molecule has 0 radical (unpaired) electrons. The fourth-order valence-electron chi connectivity index (χ4n) is 3.15. The molecule has 0 bridgehead atoms. The maximum absolute atomic E-state index is 12.5. The van der Waals surface area contributed by atoms with Crippen molar-refractivity contribution < 1.29 is 14.3 Å². The van der Waals surface area contributed by atoms with Crippen LogP contribution in [0.15, 0.2) is 48.5 Å². The molecular weight excluding hydrogens is 336 g/mol. The summed E-state index contributed by atoms with van der Waals surface area (Å²) in [7, 11) is 0. The lowest BCUT2D eigenvalue weighted by atomic mass is 10.1. The van der Waals surface area contributed by atoms with Gasteiger partial charge in [0.15, 0.2) is 16.6 Å². The third-order valence-electron chi connectivity index (χ3n) is 4.35. The second kappa shape index (κ2) is 5.60. The van der Waals surface area contributed by atoms with Gasteiger partial charge in [-0.2, -0.15) is 0 Å². The number of anilines is 1. The van der Waals surface area contributed by atoms with E-state index in [1.54, 1.807) is 6.07 Å². The van der Waals surface area contributed by atoms with Crippen molar-refractivity contribution in [2.24, 2.45) is 0 Å². The number of ether oxygens (including phenoxy) is 2. The number of thiazole rings is 1. The maximum atomic E-state index is 12.5.